The van der Waals surface area contributed by atoms with Gasteiger partial charge < -0.3 is 14.2 Å². The van der Waals surface area contributed by atoms with E-state index in [4.69, 9.17) is 4.74 Å². The number of nitrogens with zero attached hydrogens (tertiary/aromatic N) is 4. The molecule has 2 aliphatic rings. The van der Waals surface area contributed by atoms with E-state index in [-0.39, 0.29) is 23.8 Å². The molecule has 0 saturated heterocycles. The number of benzene rings is 1. The number of amides is 1. The zero-order valence-corrected chi connectivity index (χ0v) is 20.4. The number of halogens is 1. The minimum Gasteiger partial charge on any atom is -0.442 e. The maximum Gasteiger partial charge on any atom is 0.435 e. The van der Waals surface area contributed by atoms with Gasteiger partial charge in [-0.1, -0.05) is 6.07 Å². The number of hydrogen-bond acceptors (Lipinski definition) is 4. The molecule has 0 spiro atoms. The Hall–Kier alpha value is -3.16. The van der Waals surface area contributed by atoms with Crippen molar-refractivity contribution in [3.8, 4) is 0 Å². The summed E-state index contributed by atoms with van der Waals surface area (Å²) in [6.45, 7) is 7.19. The van der Waals surface area contributed by atoms with Gasteiger partial charge in [-0.2, -0.15) is 9.78 Å². The summed E-state index contributed by atoms with van der Waals surface area (Å²) in [4.78, 5) is 28.3. The van der Waals surface area contributed by atoms with E-state index in [1.54, 1.807) is 23.8 Å². The van der Waals surface area contributed by atoms with Gasteiger partial charge in [-0.15, -0.1) is 0 Å². The number of fused-ring (bicyclic) bond motifs is 2. The van der Waals surface area contributed by atoms with Crippen LogP contribution in [0, 0.1) is 12.7 Å². The fourth-order valence-electron chi connectivity index (χ4n) is 4.98. The largest absolute Gasteiger partial charge is 0.442 e. The standard InChI is InChI=1S/C26H31FN4O3/c1-15-23(27)22-19(7-6-8-21(22)29(15)5)24(32)31(17-9-10-17)18-11-12-20-16(13-18)14-30(28-20)25(33)34-26(2,3)4/h6-8,14,17-18H,9-13H2,1-5H3. The lowest BCUT2D eigenvalue weighted by Gasteiger charge is -2.34. The molecular formula is C26H31FN4O3. The van der Waals surface area contributed by atoms with Gasteiger partial charge in [0.15, 0.2) is 5.82 Å². The summed E-state index contributed by atoms with van der Waals surface area (Å²) < 4.78 is 23.6. The summed E-state index contributed by atoms with van der Waals surface area (Å²) in [5, 5.41) is 4.84. The van der Waals surface area contributed by atoms with Crippen molar-refractivity contribution in [2.45, 2.75) is 77.5 Å². The lowest BCUT2D eigenvalue weighted by atomic mass is 9.91. The Morgan fingerprint density at radius 3 is 2.59 bits per heavy atom. The molecule has 1 fully saturated rings. The number of hydrogen-bond donors (Lipinski definition) is 0. The normalized spacial score (nSPS) is 18.1. The number of carbonyl (C=O) groups is 2. The van der Waals surface area contributed by atoms with Crippen LogP contribution in [0.4, 0.5) is 9.18 Å². The van der Waals surface area contributed by atoms with Crippen LogP contribution in [0.2, 0.25) is 0 Å². The Bertz CT molecular complexity index is 1300. The molecule has 2 heterocycles. The molecule has 8 heteroatoms. The van der Waals surface area contributed by atoms with Crippen molar-refractivity contribution in [3.05, 3.63) is 52.7 Å². The molecule has 2 aromatic heterocycles. The molecule has 5 rings (SSSR count). The van der Waals surface area contributed by atoms with Gasteiger partial charge in [-0.3, -0.25) is 4.79 Å². The Kier molecular flexibility index (Phi) is 5.30. The fraction of sp³-hybridized carbons (Fsp3) is 0.500. The molecule has 34 heavy (non-hydrogen) atoms. The summed E-state index contributed by atoms with van der Waals surface area (Å²) in [5.74, 6) is -0.452. The molecule has 3 aromatic rings. The second kappa shape index (κ2) is 7.96. The minimum absolute atomic E-state index is 0.0214. The van der Waals surface area contributed by atoms with Gasteiger partial charge >= 0.3 is 6.09 Å². The number of aryl methyl sites for hydroxylation is 2. The zero-order valence-electron chi connectivity index (χ0n) is 20.4. The fourth-order valence-corrected chi connectivity index (χ4v) is 4.98. The molecule has 0 radical (unpaired) electrons. The van der Waals surface area contributed by atoms with Crippen LogP contribution < -0.4 is 0 Å². The van der Waals surface area contributed by atoms with Crippen molar-refractivity contribution < 1.29 is 18.7 Å². The molecule has 0 bridgehead atoms. The van der Waals surface area contributed by atoms with Crippen molar-refractivity contribution >= 4 is 22.9 Å². The van der Waals surface area contributed by atoms with Gasteiger partial charge in [0.05, 0.1) is 22.5 Å². The molecular weight excluding hydrogens is 435 g/mol. The highest BCUT2D eigenvalue weighted by atomic mass is 19.1. The molecule has 2 aliphatic carbocycles. The van der Waals surface area contributed by atoms with Crippen molar-refractivity contribution in [2.24, 2.45) is 7.05 Å². The van der Waals surface area contributed by atoms with Crippen molar-refractivity contribution in [3.63, 3.8) is 0 Å². The highest BCUT2D eigenvalue weighted by Crippen LogP contribution is 2.36. The Balaban J connectivity index is 1.44. The van der Waals surface area contributed by atoms with E-state index in [1.807, 2.05) is 44.9 Å². The first-order valence-corrected chi connectivity index (χ1v) is 11.9. The summed E-state index contributed by atoms with van der Waals surface area (Å²) in [5.41, 5.74) is 2.89. The molecule has 1 amide bonds. The third kappa shape index (κ3) is 3.89. The predicted molar refractivity (Wildman–Crippen MR) is 126 cm³/mol. The van der Waals surface area contributed by atoms with E-state index in [1.165, 1.54) is 4.68 Å². The van der Waals surface area contributed by atoms with Crippen LogP contribution >= 0.6 is 0 Å². The molecule has 1 atom stereocenters. The first-order chi connectivity index (χ1) is 16.0. The first-order valence-electron chi connectivity index (χ1n) is 11.9. The third-order valence-electron chi connectivity index (χ3n) is 6.87. The van der Waals surface area contributed by atoms with Gasteiger partial charge in [0, 0.05) is 30.7 Å². The number of ether oxygens (including phenoxy) is 1. The highest BCUT2D eigenvalue weighted by Gasteiger charge is 2.40. The van der Waals surface area contributed by atoms with Crippen LogP contribution in [0.5, 0.6) is 0 Å². The second-order valence-corrected chi connectivity index (χ2v) is 10.5. The topological polar surface area (TPSA) is 69.4 Å². The van der Waals surface area contributed by atoms with Crippen LogP contribution in [0.1, 0.15) is 67.3 Å². The monoisotopic (exact) mass is 466 g/mol. The Labute approximate surface area is 198 Å². The smallest absolute Gasteiger partial charge is 0.435 e. The summed E-state index contributed by atoms with van der Waals surface area (Å²) in [6, 6.07) is 5.55. The van der Waals surface area contributed by atoms with Crippen molar-refractivity contribution in [2.75, 3.05) is 0 Å². The summed E-state index contributed by atoms with van der Waals surface area (Å²) in [6.07, 6.45) is 5.19. The van der Waals surface area contributed by atoms with Gasteiger partial charge in [-0.25, -0.2) is 9.18 Å². The minimum atomic E-state index is -0.604. The summed E-state index contributed by atoms with van der Waals surface area (Å²) >= 11 is 0. The number of aromatic nitrogens is 3. The molecule has 0 aliphatic heterocycles. The van der Waals surface area contributed by atoms with Crippen LogP contribution in [0.25, 0.3) is 10.9 Å². The highest BCUT2D eigenvalue weighted by molar-refractivity contribution is 6.07. The van der Waals surface area contributed by atoms with E-state index in [0.717, 1.165) is 36.0 Å². The van der Waals surface area contributed by atoms with Crippen molar-refractivity contribution in [1.82, 2.24) is 19.2 Å². The van der Waals surface area contributed by atoms with E-state index in [9.17, 15) is 9.59 Å². The van der Waals surface area contributed by atoms with Crippen LogP contribution in [0.15, 0.2) is 24.4 Å². The maximum absolute atomic E-state index is 15.1. The molecule has 1 unspecified atom stereocenters. The molecule has 0 N–H and O–H groups in total. The average Bonchev–Trinajstić information content (AvgIpc) is 3.47. The van der Waals surface area contributed by atoms with E-state index in [0.29, 0.717) is 29.5 Å². The quantitative estimate of drug-likeness (QED) is 0.558. The van der Waals surface area contributed by atoms with E-state index < -0.39 is 11.7 Å². The van der Waals surface area contributed by atoms with E-state index in [2.05, 4.69) is 5.10 Å². The molecule has 7 nitrogen and oxygen atoms in total. The SMILES string of the molecule is Cc1c(F)c2c(C(=O)N(C3CC3)C3CCc4nn(C(=O)OC(C)(C)C)cc4C3)cccc2n1C. The lowest BCUT2D eigenvalue weighted by Crippen LogP contribution is -2.45. The molecule has 180 valence electrons. The maximum atomic E-state index is 15.1. The van der Waals surface area contributed by atoms with Crippen LogP contribution in [-0.2, 0) is 24.6 Å². The number of rotatable bonds is 3. The van der Waals surface area contributed by atoms with Crippen molar-refractivity contribution in [1.29, 1.82) is 0 Å². The average molecular weight is 467 g/mol. The molecule has 1 aromatic carbocycles. The predicted octanol–water partition coefficient (Wildman–Crippen LogP) is 4.77. The Morgan fingerprint density at radius 2 is 1.91 bits per heavy atom. The number of carbonyl (C=O) groups excluding carboxylic acids is 2. The van der Waals surface area contributed by atoms with Gasteiger partial charge in [0.25, 0.3) is 5.91 Å². The first kappa shape index (κ1) is 22.6. The van der Waals surface area contributed by atoms with Crippen LogP contribution in [0.3, 0.4) is 0 Å². The van der Waals surface area contributed by atoms with Gasteiger partial charge in [0.2, 0.25) is 0 Å². The summed E-state index contributed by atoms with van der Waals surface area (Å²) in [7, 11) is 1.82. The van der Waals surface area contributed by atoms with Gasteiger partial charge in [0.1, 0.15) is 5.60 Å². The van der Waals surface area contributed by atoms with Crippen LogP contribution in [-0.4, -0.2) is 48.9 Å². The lowest BCUT2D eigenvalue weighted by molar-refractivity contribution is 0.0513. The Morgan fingerprint density at radius 1 is 1.18 bits per heavy atom. The van der Waals surface area contributed by atoms with E-state index >= 15 is 4.39 Å². The molecule has 1 saturated carbocycles. The third-order valence-corrected chi connectivity index (χ3v) is 6.87. The second-order valence-electron chi connectivity index (χ2n) is 10.5. The zero-order chi connectivity index (χ0) is 24.4. The van der Waals surface area contributed by atoms with Gasteiger partial charge in [-0.05, 0) is 77.5 Å².